The number of nitrogens with one attached hydrogen (secondary N) is 1. The SMILES string of the molecule is c1ncn(CC2CC3CCC2C3)c1CNC1CC1. The maximum Gasteiger partial charge on any atom is 0.0948 e. The van der Waals surface area contributed by atoms with Gasteiger partial charge in [0.15, 0.2) is 0 Å². The van der Waals surface area contributed by atoms with Crippen molar-refractivity contribution in [2.75, 3.05) is 0 Å². The number of hydrogen-bond acceptors (Lipinski definition) is 2. The van der Waals surface area contributed by atoms with E-state index >= 15 is 0 Å². The van der Waals surface area contributed by atoms with Gasteiger partial charge in [-0.1, -0.05) is 6.42 Å². The molecule has 3 saturated carbocycles. The minimum atomic E-state index is 0.788. The first-order valence-corrected chi connectivity index (χ1v) is 7.61. The number of hydrogen-bond donors (Lipinski definition) is 1. The third kappa shape index (κ3) is 2.09. The molecule has 0 saturated heterocycles. The van der Waals surface area contributed by atoms with Gasteiger partial charge < -0.3 is 9.88 Å². The summed E-state index contributed by atoms with van der Waals surface area (Å²) in [7, 11) is 0. The molecule has 0 spiro atoms. The number of fused-ring (bicyclic) bond motifs is 2. The van der Waals surface area contributed by atoms with E-state index in [2.05, 4.69) is 14.9 Å². The standard InChI is InChI=1S/C15H23N3/c1-2-12-5-11(1)6-13(12)9-18-10-16-7-15(18)8-17-14-3-4-14/h7,10-14,17H,1-6,8-9H2. The average molecular weight is 245 g/mol. The van der Waals surface area contributed by atoms with Crippen LogP contribution in [0.3, 0.4) is 0 Å². The molecule has 3 aliphatic rings. The average Bonchev–Trinajstić information content (AvgIpc) is 2.79. The van der Waals surface area contributed by atoms with E-state index in [4.69, 9.17) is 0 Å². The molecule has 2 bridgehead atoms. The quantitative estimate of drug-likeness (QED) is 0.864. The molecule has 0 aliphatic heterocycles. The van der Waals surface area contributed by atoms with Crippen molar-refractivity contribution in [3.63, 3.8) is 0 Å². The molecular formula is C15H23N3. The molecule has 3 nitrogen and oxygen atoms in total. The normalized spacial score (nSPS) is 34.3. The third-order valence-corrected chi connectivity index (χ3v) is 5.26. The Morgan fingerprint density at radius 3 is 2.89 bits per heavy atom. The second-order valence-electron chi connectivity index (χ2n) is 6.63. The lowest BCUT2D eigenvalue weighted by molar-refractivity contribution is 0.292. The Morgan fingerprint density at radius 1 is 1.22 bits per heavy atom. The number of aromatic nitrogens is 2. The Hall–Kier alpha value is -0.830. The number of rotatable bonds is 5. The fraction of sp³-hybridized carbons (Fsp3) is 0.800. The van der Waals surface area contributed by atoms with E-state index in [-0.39, 0.29) is 0 Å². The van der Waals surface area contributed by atoms with Crippen molar-refractivity contribution < 1.29 is 0 Å². The lowest BCUT2D eigenvalue weighted by Gasteiger charge is -2.23. The molecule has 3 unspecified atom stereocenters. The zero-order chi connectivity index (χ0) is 11.9. The fourth-order valence-electron chi connectivity index (χ4n) is 4.05. The molecule has 98 valence electrons. The van der Waals surface area contributed by atoms with Gasteiger partial charge in [-0.3, -0.25) is 0 Å². The Labute approximate surface area is 109 Å². The summed E-state index contributed by atoms with van der Waals surface area (Å²) in [4.78, 5) is 4.35. The molecule has 18 heavy (non-hydrogen) atoms. The summed E-state index contributed by atoms with van der Waals surface area (Å²) < 4.78 is 2.40. The van der Waals surface area contributed by atoms with Crippen LogP contribution >= 0.6 is 0 Å². The second kappa shape index (κ2) is 4.37. The van der Waals surface area contributed by atoms with Crippen molar-refractivity contribution >= 4 is 0 Å². The van der Waals surface area contributed by atoms with Crippen LogP contribution in [0, 0.1) is 17.8 Å². The molecule has 1 aromatic heterocycles. The highest BCUT2D eigenvalue weighted by atomic mass is 15.1. The smallest absolute Gasteiger partial charge is 0.0948 e. The van der Waals surface area contributed by atoms with Gasteiger partial charge in [0.1, 0.15) is 0 Å². The van der Waals surface area contributed by atoms with E-state index in [0.717, 1.165) is 30.3 Å². The minimum Gasteiger partial charge on any atom is -0.333 e. The molecule has 3 atom stereocenters. The van der Waals surface area contributed by atoms with Crippen LogP contribution in [0.15, 0.2) is 12.5 Å². The van der Waals surface area contributed by atoms with Crippen LogP contribution in [0.25, 0.3) is 0 Å². The summed E-state index contributed by atoms with van der Waals surface area (Å²) in [5, 5.41) is 3.60. The zero-order valence-electron chi connectivity index (χ0n) is 11.0. The molecule has 4 rings (SSSR count). The van der Waals surface area contributed by atoms with Crippen LogP contribution in [0.1, 0.15) is 44.2 Å². The van der Waals surface area contributed by atoms with E-state index in [1.54, 1.807) is 0 Å². The fourth-order valence-corrected chi connectivity index (χ4v) is 4.05. The van der Waals surface area contributed by atoms with Crippen LogP contribution in [-0.2, 0) is 13.1 Å². The predicted octanol–water partition coefficient (Wildman–Crippen LogP) is 2.57. The second-order valence-corrected chi connectivity index (χ2v) is 6.63. The van der Waals surface area contributed by atoms with E-state index in [1.165, 1.54) is 50.8 Å². The van der Waals surface area contributed by atoms with Crippen molar-refractivity contribution in [1.82, 2.24) is 14.9 Å². The first kappa shape index (κ1) is 11.0. The van der Waals surface area contributed by atoms with Crippen molar-refractivity contribution in [3.05, 3.63) is 18.2 Å². The number of imidazole rings is 1. The highest BCUT2D eigenvalue weighted by Gasteiger charge is 2.39. The molecule has 3 aliphatic carbocycles. The van der Waals surface area contributed by atoms with E-state index in [0.29, 0.717) is 0 Å². The van der Waals surface area contributed by atoms with Gasteiger partial charge in [-0.15, -0.1) is 0 Å². The van der Waals surface area contributed by atoms with E-state index in [9.17, 15) is 0 Å². The Balaban J connectivity index is 1.39. The maximum absolute atomic E-state index is 4.35. The summed E-state index contributed by atoms with van der Waals surface area (Å²) in [6.45, 7) is 2.22. The summed E-state index contributed by atoms with van der Waals surface area (Å²) in [5.41, 5.74) is 1.38. The van der Waals surface area contributed by atoms with Crippen LogP contribution < -0.4 is 5.32 Å². The first-order valence-electron chi connectivity index (χ1n) is 7.61. The van der Waals surface area contributed by atoms with E-state index in [1.807, 2.05) is 12.5 Å². The van der Waals surface area contributed by atoms with Crippen molar-refractivity contribution in [2.24, 2.45) is 17.8 Å². The Morgan fingerprint density at radius 2 is 2.17 bits per heavy atom. The van der Waals surface area contributed by atoms with E-state index < -0.39 is 0 Å². The third-order valence-electron chi connectivity index (χ3n) is 5.26. The molecule has 3 fully saturated rings. The zero-order valence-corrected chi connectivity index (χ0v) is 11.0. The molecule has 0 radical (unpaired) electrons. The Kier molecular flexibility index (Phi) is 2.68. The van der Waals surface area contributed by atoms with Gasteiger partial charge in [0, 0.05) is 25.3 Å². The van der Waals surface area contributed by atoms with Gasteiger partial charge in [0.25, 0.3) is 0 Å². The molecule has 1 heterocycles. The lowest BCUT2D eigenvalue weighted by atomic mass is 9.89. The maximum atomic E-state index is 4.35. The van der Waals surface area contributed by atoms with Crippen LogP contribution in [-0.4, -0.2) is 15.6 Å². The largest absolute Gasteiger partial charge is 0.333 e. The van der Waals surface area contributed by atoms with Gasteiger partial charge in [-0.2, -0.15) is 0 Å². The van der Waals surface area contributed by atoms with Gasteiger partial charge in [-0.25, -0.2) is 4.98 Å². The lowest BCUT2D eigenvalue weighted by Crippen LogP contribution is -2.21. The Bertz CT molecular complexity index is 421. The van der Waals surface area contributed by atoms with Crippen LogP contribution in [0.2, 0.25) is 0 Å². The summed E-state index contributed by atoms with van der Waals surface area (Å²) in [5.74, 6) is 3.00. The van der Waals surface area contributed by atoms with Crippen molar-refractivity contribution in [3.8, 4) is 0 Å². The van der Waals surface area contributed by atoms with Gasteiger partial charge in [0.05, 0.1) is 12.0 Å². The highest BCUT2D eigenvalue weighted by Crippen LogP contribution is 2.48. The minimum absolute atomic E-state index is 0.788. The summed E-state index contributed by atoms with van der Waals surface area (Å²) in [6.07, 6.45) is 12.8. The molecule has 1 N–H and O–H groups in total. The topological polar surface area (TPSA) is 29.9 Å². The van der Waals surface area contributed by atoms with Gasteiger partial charge in [0.2, 0.25) is 0 Å². The summed E-state index contributed by atoms with van der Waals surface area (Å²) >= 11 is 0. The van der Waals surface area contributed by atoms with Crippen LogP contribution in [0.5, 0.6) is 0 Å². The van der Waals surface area contributed by atoms with Crippen molar-refractivity contribution in [1.29, 1.82) is 0 Å². The molecule has 1 aromatic rings. The predicted molar refractivity (Wildman–Crippen MR) is 71.0 cm³/mol. The van der Waals surface area contributed by atoms with Gasteiger partial charge >= 0.3 is 0 Å². The summed E-state index contributed by atoms with van der Waals surface area (Å²) in [6, 6.07) is 0.788. The van der Waals surface area contributed by atoms with Gasteiger partial charge in [-0.05, 0) is 49.9 Å². The number of nitrogens with zero attached hydrogens (tertiary/aromatic N) is 2. The molecule has 0 amide bonds. The monoisotopic (exact) mass is 245 g/mol. The molecular weight excluding hydrogens is 222 g/mol. The first-order chi connectivity index (χ1) is 8.88. The van der Waals surface area contributed by atoms with Crippen LogP contribution in [0.4, 0.5) is 0 Å². The molecule has 3 heteroatoms. The molecule has 0 aromatic carbocycles. The van der Waals surface area contributed by atoms with Crippen molar-refractivity contribution in [2.45, 2.75) is 57.7 Å². The highest BCUT2D eigenvalue weighted by molar-refractivity contribution is 5.01.